The SMILES string of the molecule is CC(C)CCC[C@@H](COS(=O)(=O)O)[C@H]1CC[C@H]2[C@@H]3CC=C4[C@@H](O)[C@H](O)CC[C@]4(C)[C@H]3CC[C@]12C. The van der Waals surface area contributed by atoms with E-state index in [1.165, 1.54) is 0 Å². The van der Waals surface area contributed by atoms with E-state index in [0.29, 0.717) is 36.0 Å². The molecule has 0 aliphatic heterocycles. The van der Waals surface area contributed by atoms with Crippen LogP contribution in [0.25, 0.3) is 0 Å². The van der Waals surface area contributed by atoms with Crippen molar-refractivity contribution in [2.45, 2.75) is 104 Å². The van der Waals surface area contributed by atoms with Crippen molar-refractivity contribution in [1.82, 2.24) is 0 Å². The van der Waals surface area contributed by atoms with Crippen molar-refractivity contribution in [3.63, 3.8) is 0 Å². The largest absolute Gasteiger partial charge is 0.397 e. The van der Waals surface area contributed by atoms with Gasteiger partial charge in [0.05, 0.1) is 12.7 Å². The second-order valence-corrected chi connectivity index (χ2v) is 13.9. The number of hydrogen-bond acceptors (Lipinski definition) is 5. The number of fused-ring (bicyclic) bond motifs is 5. The lowest BCUT2D eigenvalue weighted by Crippen LogP contribution is -2.54. The third-order valence-corrected chi connectivity index (χ3v) is 11.0. The number of aliphatic hydroxyl groups is 2. The molecule has 34 heavy (non-hydrogen) atoms. The molecule has 0 amide bonds. The molecule has 4 aliphatic carbocycles. The summed E-state index contributed by atoms with van der Waals surface area (Å²) < 4.78 is 37.0. The number of rotatable bonds is 8. The van der Waals surface area contributed by atoms with Crippen LogP contribution in [-0.2, 0) is 14.6 Å². The Bertz CT molecular complexity index is 868. The molecule has 3 saturated carbocycles. The Hall–Kier alpha value is -0.470. The Morgan fingerprint density at radius 1 is 1.06 bits per heavy atom. The van der Waals surface area contributed by atoms with E-state index in [9.17, 15) is 23.2 Å². The summed E-state index contributed by atoms with van der Waals surface area (Å²) in [6.07, 6.45) is 11.0. The van der Waals surface area contributed by atoms with E-state index in [1.807, 2.05) is 0 Å². The molecule has 0 aromatic rings. The van der Waals surface area contributed by atoms with Crippen LogP contribution in [0, 0.1) is 46.3 Å². The summed E-state index contributed by atoms with van der Waals surface area (Å²) in [7, 11) is -4.44. The van der Waals surface area contributed by atoms with Crippen LogP contribution in [0.2, 0.25) is 0 Å². The first-order valence-electron chi connectivity index (χ1n) is 13.6. The van der Waals surface area contributed by atoms with Crippen molar-refractivity contribution in [3.05, 3.63) is 11.6 Å². The van der Waals surface area contributed by atoms with Gasteiger partial charge < -0.3 is 10.2 Å². The summed E-state index contributed by atoms with van der Waals surface area (Å²) in [5.74, 6) is 2.80. The monoisotopic (exact) mass is 498 g/mol. The average molecular weight is 499 g/mol. The molecule has 4 aliphatic rings. The minimum absolute atomic E-state index is 0.0360. The number of hydrogen-bond donors (Lipinski definition) is 3. The van der Waals surface area contributed by atoms with Gasteiger partial charge in [0.2, 0.25) is 0 Å². The lowest BCUT2D eigenvalue weighted by Gasteiger charge is -2.59. The maximum Gasteiger partial charge on any atom is 0.397 e. The fraction of sp³-hybridized carbons (Fsp3) is 0.926. The quantitative estimate of drug-likeness (QED) is 0.315. The summed E-state index contributed by atoms with van der Waals surface area (Å²) >= 11 is 0. The van der Waals surface area contributed by atoms with Crippen molar-refractivity contribution < 1.29 is 27.4 Å². The van der Waals surface area contributed by atoms with Crippen molar-refractivity contribution in [2.75, 3.05) is 6.61 Å². The molecule has 7 heteroatoms. The van der Waals surface area contributed by atoms with Crippen molar-refractivity contribution >= 4 is 10.4 Å². The summed E-state index contributed by atoms with van der Waals surface area (Å²) in [6, 6.07) is 0. The van der Waals surface area contributed by atoms with Gasteiger partial charge in [-0.1, -0.05) is 46.6 Å². The predicted molar refractivity (Wildman–Crippen MR) is 132 cm³/mol. The molecule has 3 N–H and O–H groups in total. The van der Waals surface area contributed by atoms with E-state index in [1.54, 1.807) is 0 Å². The van der Waals surface area contributed by atoms with Gasteiger partial charge in [-0.05, 0) is 103 Å². The fourth-order valence-electron chi connectivity index (χ4n) is 8.90. The van der Waals surface area contributed by atoms with Gasteiger partial charge in [0, 0.05) is 0 Å². The number of allylic oxidation sites excluding steroid dienone is 1. The molecule has 0 radical (unpaired) electrons. The zero-order valence-electron chi connectivity index (χ0n) is 21.4. The molecular formula is C27H46O6S. The van der Waals surface area contributed by atoms with E-state index >= 15 is 0 Å². The summed E-state index contributed by atoms with van der Waals surface area (Å²) in [5.41, 5.74) is 1.17. The van der Waals surface area contributed by atoms with Crippen LogP contribution < -0.4 is 0 Å². The van der Waals surface area contributed by atoms with Crippen LogP contribution in [0.15, 0.2) is 11.6 Å². The van der Waals surface area contributed by atoms with E-state index < -0.39 is 22.6 Å². The molecule has 0 heterocycles. The van der Waals surface area contributed by atoms with Crippen molar-refractivity contribution in [2.24, 2.45) is 46.3 Å². The maximum absolute atomic E-state index is 11.4. The van der Waals surface area contributed by atoms with E-state index in [-0.39, 0.29) is 23.4 Å². The van der Waals surface area contributed by atoms with Crippen LogP contribution in [0.5, 0.6) is 0 Å². The molecule has 0 unspecified atom stereocenters. The van der Waals surface area contributed by atoms with Gasteiger partial charge in [0.15, 0.2) is 0 Å². The molecule has 0 aromatic heterocycles. The second kappa shape index (κ2) is 9.77. The minimum atomic E-state index is -4.44. The second-order valence-electron chi connectivity index (χ2n) is 12.8. The van der Waals surface area contributed by atoms with Crippen molar-refractivity contribution in [1.29, 1.82) is 0 Å². The zero-order valence-corrected chi connectivity index (χ0v) is 22.3. The summed E-state index contributed by atoms with van der Waals surface area (Å²) in [4.78, 5) is 0. The van der Waals surface area contributed by atoms with Crippen molar-refractivity contribution in [3.8, 4) is 0 Å². The zero-order chi connectivity index (χ0) is 24.9. The first kappa shape index (κ1) is 26.6. The van der Waals surface area contributed by atoms with Crippen LogP contribution in [0.3, 0.4) is 0 Å². The Morgan fingerprint density at radius 3 is 2.47 bits per heavy atom. The summed E-state index contributed by atoms with van der Waals surface area (Å²) in [6.45, 7) is 9.24. The lowest BCUT2D eigenvalue weighted by atomic mass is 9.46. The van der Waals surface area contributed by atoms with Gasteiger partial charge >= 0.3 is 10.4 Å². The van der Waals surface area contributed by atoms with Crippen LogP contribution in [0.4, 0.5) is 0 Å². The highest BCUT2D eigenvalue weighted by atomic mass is 32.3. The number of aliphatic hydroxyl groups excluding tert-OH is 2. The first-order chi connectivity index (χ1) is 15.9. The molecule has 6 nitrogen and oxygen atoms in total. The van der Waals surface area contributed by atoms with Crippen LogP contribution in [0.1, 0.15) is 91.9 Å². The van der Waals surface area contributed by atoms with Gasteiger partial charge in [-0.25, -0.2) is 4.18 Å². The normalized spacial score (nSPS) is 43.1. The minimum Gasteiger partial charge on any atom is -0.390 e. The maximum atomic E-state index is 11.4. The van der Waals surface area contributed by atoms with E-state index in [4.69, 9.17) is 4.18 Å². The standard InChI is InChI=1S/C27H46O6S/c1-17(2)6-5-7-18(16-33-34(30,31)32)20-10-11-21-19-8-9-23-25(29)24(28)13-15-27(23,4)22(19)12-14-26(20,21)3/h9,17-22,24-25,28-29H,5-8,10-16H2,1-4H3,(H,30,31,32)/t18-,19-,20+,21-,22-,24+,25+,26+,27+/m0/s1. The van der Waals surface area contributed by atoms with Gasteiger partial charge in [0.1, 0.15) is 6.10 Å². The van der Waals surface area contributed by atoms with Gasteiger partial charge in [-0.3, -0.25) is 4.55 Å². The molecule has 3 fully saturated rings. The topological polar surface area (TPSA) is 104 Å². The third-order valence-electron chi connectivity index (χ3n) is 10.6. The Labute approximate surface area is 206 Å². The Morgan fingerprint density at radius 2 is 1.79 bits per heavy atom. The molecule has 0 saturated heterocycles. The highest BCUT2D eigenvalue weighted by Gasteiger charge is 2.60. The Balaban J connectivity index is 1.55. The van der Waals surface area contributed by atoms with Gasteiger partial charge in [0.25, 0.3) is 0 Å². The molecule has 0 spiro atoms. The predicted octanol–water partition coefficient (Wildman–Crippen LogP) is 5.16. The van der Waals surface area contributed by atoms with Crippen LogP contribution >= 0.6 is 0 Å². The molecule has 196 valence electrons. The third kappa shape index (κ3) is 4.89. The first-order valence-corrected chi connectivity index (χ1v) is 14.9. The van der Waals surface area contributed by atoms with Gasteiger partial charge in [-0.2, -0.15) is 8.42 Å². The fourth-order valence-corrected chi connectivity index (χ4v) is 9.24. The highest BCUT2D eigenvalue weighted by Crippen LogP contribution is 2.67. The van der Waals surface area contributed by atoms with E-state index in [0.717, 1.165) is 63.4 Å². The average Bonchev–Trinajstić information content (AvgIpc) is 3.10. The molecule has 0 aromatic carbocycles. The smallest absolute Gasteiger partial charge is 0.390 e. The Kier molecular flexibility index (Phi) is 7.64. The van der Waals surface area contributed by atoms with Crippen LogP contribution in [-0.4, -0.2) is 42.0 Å². The molecule has 0 bridgehead atoms. The molecule has 9 atom stereocenters. The van der Waals surface area contributed by atoms with Gasteiger partial charge in [-0.15, -0.1) is 0 Å². The lowest BCUT2D eigenvalue weighted by molar-refractivity contribution is -0.0824. The molecular weight excluding hydrogens is 452 g/mol. The highest BCUT2D eigenvalue weighted by molar-refractivity contribution is 7.80. The molecule has 4 rings (SSSR count). The summed E-state index contributed by atoms with van der Waals surface area (Å²) in [5, 5.41) is 21.0. The van der Waals surface area contributed by atoms with E-state index in [2.05, 4.69) is 33.8 Å².